The molecule has 0 aliphatic rings. The summed E-state index contributed by atoms with van der Waals surface area (Å²) in [7, 11) is 1.80. The van der Waals surface area contributed by atoms with Gasteiger partial charge in [0.1, 0.15) is 0 Å². The molecule has 1 aromatic heterocycles. The molecule has 0 saturated heterocycles. The molecule has 1 rings (SSSR count). The molecule has 0 amide bonds. The summed E-state index contributed by atoms with van der Waals surface area (Å²) in [5, 5.41) is 6.94. The number of hydrogen-bond donors (Lipinski definition) is 0. The average molecular weight is 268 g/mol. The molecular weight excluding hydrogens is 264 g/mol. The molecule has 0 aliphatic carbocycles. The molecule has 1 radical (unpaired) electrons. The maximum atomic E-state index is 3.53. The Labute approximate surface area is 55.4 Å². The number of aromatic nitrogens is 3. The van der Waals surface area contributed by atoms with Crippen molar-refractivity contribution in [2.45, 2.75) is 0 Å². The van der Waals surface area contributed by atoms with Crippen molar-refractivity contribution in [3.05, 3.63) is 12.4 Å². The van der Waals surface area contributed by atoms with E-state index >= 15 is 0 Å². The molecular formula is C3H4N3Re-. The van der Waals surface area contributed by atoms with Gasteiger partial charge in [-0.3, -0.25) is 4.68 Å². The number of nitrogens with zero attached hydrogens (tertiary/aromatic N) is 3. The fourth-order valence-corrected chi connectivity index (χ4v) is 0.232. The third-order valence-corrected chi connectivity index (χ3v) is 0.488. The van der Waals surface area contributed by atoms with E-state index in [0.29, 0.717) is 0 Å². The maximum absolute atomic E-state index is 3.53. The molecule has 0 saturated carbocycles. The largest absolute Gasteiger partial charge is 0.352 e. The zero-order chi connectivity index (χ0) is 4.41. The van der Waals surface area contributed by atoms with E-state index in [1.807, 2.05) is 0 Å². The van der Waals surface area contributed by atoms with Gasteiger partial charge in [-0.25, -0.2) is 0 Å². The molecule has 3 nitrogen and oxygen atoms in total. The zero-order valence-electron chi connectivity index (χ0n) is 3.80. The second kappa shape index (κ2) is 2.89. The van der Waals surface area contributed by atoms with E-state index in [1.54, 1.807) is 17.9 Å². The second-order valence-electron chi connectivity index (χ2n) is 1.02. The first-order valence-corrected chi connectivity index (χ1v) is 1.62. The van der Waals surface area contributed by atoms with Gasteiger partial charge in [0.2, 0.25) is 0 Å². The Morgan fingerprint density at radius 2 is 2.43 bits per heavy atom. The van der Waals surface area contributed by atoms with E-state index in [4.69, 9.17) is 0 Å². The first-order chi connectivity index (χ1) is 2.89. The van der Waals surface area contributed by atoms with E-state index in [9.17, 15) is 0 Å². The maximum Gasteiger partial charge on any atom is 0.0280 e. The van der Waals surface area contributed by atoms with Crippen molar-refractivity contribution in [3.8, 4) is 0 Å². The predicted molar refractivity (Wildman–Crippen MR) is 19.8 cm³/mol. The summed E-state index contributed by atoms with van der Waals surface area (Å²) in [5.74, 6) is 0. The van der Waals surface area contributed by atoms with Gasteiger partial charge < -0.3 is 11.3 Å². The van der Waals surface area contributed by atoms with E-state index in [-0.39, 0.29) is 20.4 Å². The summed E-state index contributed by atoms with van der Waals surface area (Å²) in [4.78, 5) is 0. The fourth-order valence-electron chi connectivity index (χ4n) is 0.232. The van der Waals surface area contributed by atoms with Crippen LogP contribution in [-0.2, 0) is 27.5 Å². The van der Waals surface area contributed by atoms with Crippen molar-refractivity contribution in [2.24, 2.45) is 7.05 Å². The molecule has 0 N–H and O–H groups in total. The van der Waals surface area contributed by atoms with Gasteiger partial charge in [-0.2, -0.15) is 0 Å². The smallest absolute Gasteiger partial charge is 0.0280 e. The summed E-state index contributed by atoms with van der Waals surface area (Å²) in [6, 6.07) is 0. The van der Waals surface area contributed by atoms with Gasteiger partial charge in [0.15, 0.2) is 0 Å². The van der Waals surface area contributed by atoms with Crippen LogP contribution in [0.4, 0.5) is 0 Å². The Kier molecular flexibility index (Phi) is 2.81. The van der Waals surface area contributed by atoms with Gasteiger partial charge in [0.05, 0.1) is 0 Å². The molecule has 1 heterocycles. The normalized spacial score (nSPS) is 7.57. The van der Waals surface area contributed by atoms with E-state index in [1.165, 1.54) is 0 Å². The molecule has 0 aliphatic heterocycles. The van der Waals surface area contributed by atoms with Crippen LogP contribution in [0.2, 0.25) is 0 Å². The van der Waals surface area contributed by atoms with Gasteiger partial charge in [0.25, 0.3) is 0 Å². The third kappa shape index (κ3) is 1.81. The second-order valence-corrected chi connectivity index (χ2v) is 1.02. The molecule has 4 heteroatoms. The van der Waals surface area contributed by atoms with E-state index in [0.717, 1.165) is 0 Å². The predicted octanol–water partition coefficient (Wildman–Crippen LogP) is -0.387. The Morgan fingerprint density at radius 3 is 2.57 bits per heavy atom. The fraction of sp³-hybridized carbons (Fsp3) is 0.333. The first-order valence-electron chi connectivity index (χ1n) is 1.62. The monoisotopic (exact) mass is 269 g/mol. The quantitative estimate of drug-likeness (QED) is 0.600. The van der Waals surface area contributed by atoms with Crippen molar-refractivity contribution in [2.75, 3.05) is 0 Å². The molecule has 0 atom stereocenters. The molecule has 0 unspecified atom stereocenters. The molecule has 0 fully saturated rings. The van der Waals surface area contributed by atoms with Gasteiger partial charge >= 0.3 is 0 Å². The standard InChI is InChI=1S/C3H4N3.Re/c1-6-3-2-4-5-6;/h3H,1H3;/q-1;. The van der Waals surface area contributed by atoms with Crippen LogP contribution in [0.1, 0.15) is 0 Å². The van der Waals surface area contributed by atoms with Gasteiger partial charge in [-0.05, 0) is 0 Å². The van der Waals surface area contributed by atoms with Gasteiger partial charge in [-0.15, -0.1) is 11.4 Å². The molecule has 0 bridgehead atoms. The van der Waals surface area contributed by atoms with E-state index < -0.39 is 0 Å². The van der Waals surface area contributed by atoms with Crippen molar-refractivity contribution >= 4 is 0 Å². The van der Waals surface area contributed by atoms with Crippen molar-refractivity contribution in [1.29, 1.82) is 0 Å². The summed E-state index contributed by atoms with van der Waals surface area (Å²) < 4.78 is 1.58. The molecule has 0 spiro atoms. The minimum atomic E-state index is 0. The molecule has 39 valence electrons. The molecule has 7 heavy (non-hydrogen) atoms. The first kappa shape index (κ1) is 6.80. The van der Waals surface area contributed by atoms with Crippen LogP contribution in [0.3, 0.4) is 0 Å². The third-order valence-electron chi connectivity index (χ3n) is 0.488. The Hall–Kier alpha value is -0.198. The minimum absolute atomic E-state index is 0. The van der Waals surface area contributed by atoms with Crippen LogP contribution in [0.15, 0.2) is 6.20 Å². The Balaban J connectivity index is 0.000000360. The summed E-state index contributed by atoms with van der Waals surface area (Å²) in [6.07, 6.45) is 4.18. The Bertz CT molecular complexity index is 114. The van der Waals surface area contributed by atoms with Crippen LogP contribution in [-0.4, -0.2) is 15.0 Å². The van der Waals surface area contributed by atoms with Crippen molar-refractivity contribution in [3.63, 3.8) is 0 Å². The van der Waals surface area contributed by atoms with Crippen LogP contribution < -0.4 is 0 Å². The SMILES string of the molecule is Cn1c[c-]nn1.[Re]. The number of aryl methyl sites for hydroxylation is 1. The minimum Gasteiger partial charge on any atom is -0.352 e. The zero-order valence-corrected chi connectivity index (χ0v) is 6.51. The van der Waals surface area contributed by atoms with E-state index in [2.05, 4.69) is 16.5 Å². The summed E-state index contributed by atoms with van der Waals surface area (Å²) >= 11 is 0. The van der Waals surface area contributed by atoms with Gasteiger partial charge in [-0.1, -0.05) is 0 Å². The summed E-state index contributed by atoms with van der Waals surface area (Å²) in [5.41, 5.74) is 0. The number of rotatable bonds is 0. The molecule has 1 aromatic rings. The topological polar surface area (TPSA) is 30.7 Å². The Morgan fingerprint density at radius 1 is 1.71 bits per heavy atom. The van der Waals surface area contributed by atoms with Crippen LogP contribution in [0.5, 0.6) is 0 Å². The average Bonchev–Trinajstić information content (AvgIpc) is 1.86. The summed E-state index contributed by atoms with van der Waals surface area (Å²) in [6.45, 7) is 0. The van der Waals surface area contributed by atoms with Crippen LogP contribution in [0, 0.1) is 6.20 Å². The van der Waals surface area contributed by atoms with Crippen LogP contribution in [0.25, 0.3) is 0 Å². The molecule has 0 aromatic carbocycles. The van der Waals surface area contributed by atoms with Gasteiger partial charge in [0, 0.05) is 27.5 Å². The van der Waals surface area contributed by atoms with Crippen LogP contribution >= 0.6 is 0 Å². The van der Waals surface area contributed by atoms with Crippen molar-refractivity contribution in [1.82, 2.24) is 15.0 Å². The van der Waals surface area contributed by atoms with Crippen molar-refractivity contribution < 1.29 is 20.4 Å². The number of hydrogen-bond acceptors (Lipinski definition) is 2.